The third kappa shape index (κ3) is 3.09. The number of fused-ring (bicyclic) bond motifs is 1. The van der Waals surface area contributed by atoms with E-state index in [9.17, 15) is 4.79 Å². The Hall–Kier alpha value is -3.34. The molecule has 144 valence electrons. The molecular weight excluding hydrogens is 356 g/mol. The quantitative estimate of drug-likeness (QED) is 0.696. The molecule has 1 aliphatic rings. The van der Waals surface area contributed by atoms with Crippen LogP contribution in [0, 0.1) is 18.3 Å². The predicted molar refractivity (Wildman–Crippen MR) is 103 cm³/mol. The zero-order valence-electron chi connectivity index (χ0n) is 16.0. The van der Waals surface area contributed by atoms with E-state index in [0.717, 1.165) is 40.9 Å². The van der Waals surface area contributed by atoms with Crippen molar-refractivity contribution in [3.05, 3.63) is 36.4 Å². The van der Waals surface area contributed by atoms with Crippen molar-refractivity contribution < 1.29 is 9.53 Å². The predicted octanol–water partition coefficient (Wildman–Crippen LogP) is 2.59. The summed E-state index contributed by atoms with van der Waals surface area (Å²) < 4.78 is 9.38. The molecule has 0 saturated carbocycles. The van der Waals surface area contributed by atoms with Gasteiger partial charge in [0.25, 0.3) is 0 Å². The van der Waals surface area contributed by atoms with Gasteiger partial charge in [-0.15, -0.1) is 0 Å². The first kappa shape index (κ1) is 18.0. The maximum atomic E-state index is 11.9. The van der Waals surface area contributed by atoms with Crippen molar-refractivity contribution in [2.45, 2.75) is 32.2 Å². The van der Waals surface area contributed by atoms with Crippen LogP contribution >= 0.6 is 0 Å². The van der Waals surface area contributed by atoms with E-state index in [-0.39, 0.29) is 18.4 Å². The molecule has 1 aliphatic heterocycles. The van der Waals surface area contributed by atoms with Crippen LogP contribution < -0.4 is 4.74 Å². The second-order valence-corrected chi connectivity index (χ2v) is 6.99. The lowest BCUT2D eigenvalue weighted by molar-refractivity contribution is -0.131. The number of hydrogen-bond acceptors (Lipinski definition) is 5. The average Bonchev–Trinajstić information content (AvgIpc) is 3.34. The molecule has 0 bridgehead atoms. The summed E-state index contributed by atoms with van der Waals surface area (Å²) in [7, 11) is 1.66. The minimum atomic E-state index is -0.0848. The van der Waals surface area contributed by atoms with Crippen LogP contribution in [0.3, 0.4) is 0 Å². The number of carbonyl (C=O) groups excluding carboxylic acids is 1. The zero-order chi connectivity index (χ0) is 19.7. The molecule has 28 heavy (non-hydrogen) atoms. The lowest BCUT2D eigenvalue weighted by Crippen LogP contribution is -2.39. The second kappa shape index (κ2) is 7.35. The van der Waals surface area contributed by atoms with E-state index < -0.39 is 0 Å². The number of carbonyl (C=O) groups is 1. The third-order valence-corrected chi connectivity index (χ3v) is 5.44. The van der Waals surface area contributed by atoms with Gasteiger partial charge in [-0.1, -0.05) is 0 Å². The van der Waals surface area contributed by atoms with Crippen molar-refractivity contribution in [3.8, 4) is 22.9 Å². The number of aromatic nitrogens is 4. The maximum absolute atomic E-state index is 11.9. The fourth-order valence-corrected chi connectivity index (χ4v) is 3.92. The monoisotopic (exact) mass is 378 g/mol. The highest BCUT2D eigenvalue weighted by atomic mass is 16.5. The summed E-state index contributed by atoms with van der Waals surface area (Å²) >= 11 is 0. The van der Waals surface area contributed by atoms with Crippen LogP contribution in [0.4, 0.5) is 0 Å². The van der Waals surface area contributed by atoms with Crippen LogP contribution in [-0.4, -0.2) is 50.4 Å². The van der Waals surface area contributed by atoms with Gasteiger partial charge in [0.1, 0.15) is 17.7 Å². The van der Waals surface area contributed by atoms with Crippen molar-refractivity contribution in [2.75, 3.05) is 20.2 Å². The van der Waals surface area contributed by atoms with Gasteiger partial charge in [-0.3, -0.25) is 9.48 Å². The lowest BCUT2D eigenvalue weighted by Gasteiger charge is -2.32. The first-order chi connectivity index (χ1) is 13.6. The van der Waals surface area contributed by atoms with Gasteiger partial charge in [-0.25, -0.2) is 4.52 Å². The van der Waals surface area contributed by atoms with Crippen LogP contribution in [0.25, 0.3) is 16.6 Å². The molecule has 1 fully saturated rings. The maximum Gasteiger partial charge on any atom is 0.236 e. The number of nitrogens with zero attached hydrogens (tertiary/aromatic N) is 6. The van der Waals surface area contributed by atoms with Gasteiger partial charge in [-0.2, -0.15) is 15.5 Å². The van der Waals surface area contributed by atoms with E-state index in [1.54, 1.807) is 18.2 Å². The summed E-state index contributed by atoms with van der Waals surface area (Å²) in [5.74, 6) is 0.685. The number of rotatable bonds is 4. The van der Waals surface area contributed by atoms with Crippen LogP contribution in [0.15, 0.2) is 30.7 Å². The third-order valence-electron chi connectivity index (χ3n) is 5.44. The number of ether oxygens (including phenoxy) is 1. The molecule has 8 heteroatoms. The molecule has 0 unspecified atom stereocenters. The lowest BCUT2D eigenvalue weighted by atomic mass is 10.0. The fourth-order valence-electron chi connectivity index (χ4n) is 3.92. The van der Waals surface area contributed by atoms with Gasteiger partial charge >= 0.3 is 0 Å². The number of methoxy groups -OCH3 is 1. The van der Waals surface area contributed by atoms with Crippen molar-refractivity contribution >= 4 is 11.4 Å². The molecule has 0 radical (unpaired) electrons. The molecule has 4 heterocycles. The van der Waals surface area contributed by atoms with Crippen LogP contribution in [0.1, 0.15) is 31.0 Å². The Morgan fingerprint density at radius 3 is 2.86 bits per heavy atom. The topological polar surface area (TPSA) is 88.5 Å². The molecule has 8 nitrogen and oxygen atoms in total. The summed E-state index contributed by atoms with van der Waals surface area (Å²) in [6, 6.07) is 6.10. The molecule has 4 rings (SSSR count). The van der Waals surface area contributed by atoms with Crippen molar-refractivity contribution in [2.24, 2.45) is 0 Å². The fraction of sp³-hybridized carbons (Fsp3) is 0.400. The van der Waals surface area contributed by atoms with Crippen LogP contribution in [0.5, 0.6) is 5.75 Å². The Bertz CT molecular complexity index is 1050. The first-order valence-corrected chi connectivity index (χ1v) is 9.33. The summed E-state index contributed by atoms with van der Waals surface area (Å²) in [5, 5.41) is 17.7. The van der Waals surface area contributed by atoms with Crippen molar-refractivity contribution in [1.82, 2.24) is 24.3 Å². The molecular formula is C20H22N6O2. The van der Waals surface area contributed by atoms with E-state index in [2.05, 4.69) is 21.8 Å². The van der Waals surface area contributed by atoms with E-state index in [1.165, 1.54) is 0 Å². The molecule has 0 spiro atoms. The van der Waals surface area contributed by atoms with E-state index >= 15 is 0 Å². The van der Waals surface area contributed by atoms with Gasteiger partial charge in [0.2, 0.25) is 5.91 Å². The average molecular weight is 378 g/mol. The summed E-state index contributed by atoms with van der Waals surface area (Å²) in [5.41, 5.74) is 4.04. The smallest absolute Gasteiger partial charge is 0.236 e. The summed E-state index contributed by atoms with van der Waals surface area (Å²) in [6.45, 7) is 3.38. The highest BCUT2D eigenvalue weighted by Crippen LogP contribution is 2.32. The highest BCUT2D eigenvalue weighted by molar-refractivity contribution is 5.78. The summed E-state index contributed by atoms with van der Waals surface area (Å²) in [6.07, 6.45) is 7.23. The van der Waals surface area contributed by atoms with Crippen LogP contribution in [0.2, 0.25) is 0 Å². The number of pyridine rings is 1. The number of likely N-dealkylation sites (tertiary alicyclic amines) is 1. The Morgan fingerprint density at radius 2 is 2.14 bits per heavy atom. The molecule has 0 aliphatic carbocycles. The Morgan fingerprint density at radius 1 is 1.36 bits per heavy atom. The molecule has 0 aromatic carbocycles. The SMILES string of the molecule is COc1cc(-c2cnn(C3CCN(C(=O)CC#N)CC3)c2C)cn2nccc12. The standard InChI is InChI=1S/C20H22N6O2/c1-14-17(15-11-19(28-2)18-4-8-22-25(18)13-15)12-23-26(14)16-5-9-24(10-6-16)20(27)3-7-21/h4,8,11-13,16H,3,5-6,9-10H2,1-2H3. The number of nitriles is 1. The van der Waals surface area contributed by atoms with Gasteiger partial charge in [0.05, 0.1) is 31.6 Å². The zero-order valence-corrected chi connectivity index (χ0v) is 16.0. The summed E-state index contributed by atoms with van der Waals surface area (Å²) in [4.78, 5) is 13.7. The molecule has 1 saturated heterocycles. The highest BCUT2D eigenvalue weighted by Gasteiger charge is 2.25. The number of hydrogen-bond donors (Lipinski definition) is 0. The van der Waals surface area contributed by atoms with E-state index in [1.807, 2.05) is 35.1 Å². The minimum absolute atomic E-state index is 0.0483. The van der Waals surface area contributed by atoms with E-state index in [0.29, 0.717) is 13.1 Å². The number of piperidine rings is 1. The van der Waals surface area contributed by atoms with E-state index in [4.69, 9.17) is 10.00 Å². The normalized spacial score (nSPS) is 15.0. The van der Waals surface area contributed by atoms with Gasteiger partial charge in [-0.05, 0) is 31.9 Å². The molecule has 3 aromatic rings. The Kier molecular flexibility index (Phi) is 4.74. The Balaban J connectivity index is 1.57. The molecule has 0 atom stereocenters. The second-order valence-electron chi connectivity index (χ2n) is 6.99. The van der Waals surface area contributed by atoms with Gasteiger partial charge in [0, 0.05) is 36.1 Å². The molecule has 1 amide bonds. The molecule has 3 aromatic heterocycles. The van der Waals surface area contributed by atoms with Gasteiger partial charge < -0.3 is 9.64 Å². The Labute approximate surface area is 162 Å². The van der Waals surface area contributed by atoms with Gasteiger partial charge in [0.15, 0.2) is 0 Å². The molecule has 0 N–H and O–H groups in total. The van der Waals surface area contributed by atoms with Crippen molar-refractivity contribution in [3.63, 3.8) is 0 Å². The van der Waals surface area contributed by atoms with Crippen molar-refractivity contribution in [1.29, 1.82) is 5.26 Å². The largest absolute Gasteiger partial charge is 0.494 e. The minimum Gasteiger partial charge on any atom is -0.494 e. The number of amides is 1. The van der Waals surface area contributed by atoms with Crippen LogP contribution in [-0.2, 0) is 4.79 Å². The first-order valence-electron chi connectivity index (χ1n) is 9.33.